The molecule has 0 spiro atoms. The van der Waals surface area contributed by atoms with Crippen molar-refractivity contribution in [3.63, 3.8) is 0 Å². The molecule has 0 amide bonds. The van der Waals surface area contributed by atoms with Crippen LogP contribution in [0, 0.1) is 6.92 Å². The Labute approximate surface area is 117 Å². The molecule has 19 heavy (non-hydrogen) atoms. The second-order valence-electron chi connectivity index (χ2n) is 5.42. The molecule has 0 fully saturated rings. The van der Waals surface area contributed by atoms with Gasteiger partial charge in [-0.2, -0.15) is 0 Å². The summed E-state index contributed by atoms with van der Waals surface area (Å²) in [5.74, 6) is 6.71. The molecule has 0 aliphatic heterocycles. The van der Waals surface area contributed by atoms with Gasteiger partial charge in [-0.3, -0.25) is 11.3 Å². The molecule has 4 nitrogen and oxygen atoms in total. The van der Waals surface area contributed by atoms with Gasteiger partial charge in [0.1, 0.15) is 5.82 Å². The minimum atomic E-state index is 0.224. The zero-order valence-corrected chi connectivity index (χ0v) is 12.8. The zero-order chi connectivity index (χ0) is 14.1. The fourth-order valence-electron chi connectivity index (χ4n) is 2.47. The van der Waals surface area contributed by atoms with Crippen molar-refractivity contribution in [3.05, 3.63) is 17.7 Å². The van der Waals surface area contributed by atoms with Gasteiger partial charge in [0.25, 0.3) is 0 Å². The van der Waals surface area contributed by atoms with Crippen LogP contribution in [0.5, 0.6) is 0 Å². The molecule has 110 valence electrons. The first kappa shape index (κ1) is 16.2. The van der Waals surface area contributed by atoms with E-state index in [1.165, 1.54) is 50.6 Å². The van der Waals surface area contributed by atoms with E-state index in [1.54, 1.807) is 0 Å². The van der Waals surface area contributed by atoms with Gasteiger partial charge in [-0.05, 0) is 13.3 Å². The van der Waals surface area contributed by atoms with Gasteiger partial charge in [0, 0.05) is 7.05 Å². The van der Waals surface area contributed by atoms with Crippen LogP contribution in [0.25, 0.3) is 0 Å². The van der Waals surface area contributed by atoms with Crippen LogP contribution in [-0.2, 0) is 7.05 Å². The average molecular weight is 266 g/mol. The Kier molecular flexibility index (Phi) is 7.75. The van der Waals surface area contributed by atoms with E-state index < -0.39 is 0 Å². The highest BCUT2D eigenvalue weighted by Crippen LogP contribution is 2.20. The van der Waals surface area contributed by atoms with Crippen LogP contribution in [0.15, 0.2) is 6.20 Å². The van der Waals surface area contributed by atoms with E-state index in [1.807, 2.05) is 20.2 Å². The first-order valence-electron chi connectivity index (χ1n) is 7.65. The number of imidazole rings is 1. The third kappa shape index (κ3) is 5.33. The van der Waals surface area contributed by atoms with Crippen LogP contribution in [0.1, 0.15) is 75.9 Å². The molecule has 0 saturated carbocycles. The molecule has 1 rings (SSSR count). The molecule has 1 aromatic heterocycles. The van der Waals surface area contributed by atoms with E-state index in [2.05, 4.69) is 21.9 Å². The molecule has 0 bridgehead atoms. The number of aryl methyl sites for hydroxylation is 1. The molecule has 1 atom stereocenters. The van der Waals surface area contributed by atoms with Crippen molar-refractivity contribution in [1.29, 1.82) is 0 Å². The standard InChI is InChI=1S/C15H30N4/c1-4-5-6-7-8-9-10-11-14(18-16)15-12-17-13(2)19(15)3/h12,14,18H,4-11,16H2,1-3H3. The third-order valence-corrected chi connectivity index (χ3v) is 3.91. The predicted octanol–water partition coefficient (Wildman–Crippen LogP) is 3.37. The maximum absolute atomic E-state index is 5.67. The van der Waals surface area contributed by atoms with E-state index in [-0.39, 0.29) is 6.04 Å². The van der Waals surface area contributed by atoms with Gasteiger partial charge in [-0.25, -0.2) is 4.98 Å². The van der Waals surface area contributed by atoms with Gasteiger partial charge in [-0.1, -0.05) is 51.9 Å². The topological polar surface area (TPSA) is 55.9 Å². The normalized spacial score (nSPS) is 12.8. The first-order valence-corrected chi connectivity index (χ1v) is 7.65. The Hall–Kier alpha value is -0.870. The summed E-state index contributed by atoms with van der Waals surface area (Å²) in [7, 11) is 2.05. The summed E-state index contributed by atoms with van der Waals surface area (Å²) in [6.45, 7) is 4.28. The molecule has 1 aromatic rings. The Morgan fingerprint density at radius 1 is 1.21 bits per heavy atom. The van der Waals surface area contributed by atoms with Gasteiger partial charge in [-0.15, -0.1) is 0 Å². The summed E-state index contributed by atoms with van der Waals surface area (Å²) in [4.78, 5) is 4.33. The van der Waals surface area contributed by atoms with Crippen LogP contribution in [0.2, 0.25) is 0 Å². The number of unbranched alkanes of at least 4 members (excludes halogenated alkanes) is 6. The van der Waals surface area contributed by atoms with Gasteiger partial charge < -0.3 is 4.57 Å². The SMILES string of the molecule is CCCCCCCCCC(NN)c1cnc(C)n1C. The van der Waals surface area contributed by atoms with E-state index in [0.29, 0.717) is 0 Å². The average Bonchev–Trinajstić information content (AvgIpc) is 2.74. The van der Waals surface area contributed by atoms with E-state index in [0.717, 1.165) is 12.2 Å². The van der Waals surface area contributed by atoms with Gasteiger partial charge in [0.2, 0.25) is 0 Å². The lowest BCUT2D eigenvalue weighted by atomic mass is 10.0. The number of rotatable bonds is 10. The fourth-order valence-corrected chi connectivity index (χ4v) is 2.47. The quantitative estimate of drug-likeness (QED) is 0.388. The highest BCUT2D eigenvalue weighted by molar-refractivity contribution is 5.08. The maximum Gasteiger partial charge on any atom is 0.105 e. The Morgan fingerprint density at radius 3 is 2.37 bits per heavy atom. The maximum atomic E-state index is 5.67. The Morgan fingerprint density at radius 2 is 1.84 bits per heavy atom. The minimum Gasteiger partial charge on any atom is -0.334 e. The van der Waals surface area contributed by atoms with Crippen molar-refractivity contribution in [2.75, 3.05) is 0 Å². The Balaban J connectivity index is 2.24. The largest absolute Gasteiger partial charge is 0.334 e. The molecular weight excluding hydrogens is 236 g/mol. The summed E-state index contributed by atoms with van der Waals surface area (Å²) in [6, 6.07) is 0.224. The summed E-state index contributed by atoms with van der Waals surface area (Å²) >= 11 is 0. The summed E-state index contributed by atoms with van der Waals surface area (Å²) in [5.41, 5.74) is 4.11. The zero-order valence-electron chi connectivity index (χ0n) is 12.8. The molecule has 0 aromatic carbocycles. The van der Waals surface area contributed by atoms with Crippen molar-refractivity contribution < 1.29 is 0 Å². The smallest absolute Gasteiger partial charge is 0.105 e. The number of nitrogens with one attached hydrogen (secondary N) is 1. The first-order chi connectivity index (χ1) is 9.20. The van der Waals surface area contributed by atoms with Crippen LogP contribution in [0.3, 0.4) is 0 Å². The molecule has 3 N–H and O–H groups in total. The van der Waals surface area contributed by atoms with Crippen LogP contribution in [0.4, 0.5) is 0 Å². The second-order valence-corrected chi connectivity index (χ2v) is 5.42. The molecule has 4 heteroatoms. The number of hydrazine groups is 1. The van der Waals surface area contributed by atoms with E-state index in [9.17, 15) is 0 Å². The second kappa shape index (κ2) is 9.10. The predicted molar refractivity (Wildman–Crippen MR) is 80.6 cm³/mol. The molecule has 0 radical (unpaired) electrons. The highest BCUT2D eigenvalue weighted by Gasteiger charge is 2.14. The number of hydrogen-bond acceptors (Lipinski definition) is 3. The number of hydrogen-bond donors (Lipinski definition) is 2. The molecular formula is C15H30N4. The lowest BCUT2D eigenvalue weighted by molar-refractivity contribution is 0.457. The molecule has 0 aliphatic rings. The fraction of sp³-hybridized carbons (Fsp3) is 0.800. The van der Waals surface area contributed by atoms with Crippen molar-refractivity contribution in [2.45, 2.75) is 71.3 Å². The highest BCUT2D eigenvalue weighted by atomic mass is 15.2. The molecule has 0 saturated heterocycles. The van der Waals surface area contributed by atoms with E-state index >= 15 is 0 Å². The Bertz CT molecular complexity index is 346. The molecule has 0 aliphatic carbocycles. The number of aromatic nitrogens is 2. The van der Waals surface area contributed by atoms with Crippen molar-refractivity contribution in [2.24, 2.45) is 12.9 Å². The van der Waals surface area contributed by atoms with Gasteiger partial charge in [0.05, 0.1) is 17.9 Å². The minimum absolute atomic E-state index is 0.224. The van der Waals surface area contributed by atoms with Crippen LogP contribution in [-0.4, -0.2) is 9.55 Å². The number of nitrogens with zero attached hydrogens (tertiary/aromatic N) is 2. The summed E-state index contributed by atoms with van der Waals surface area (Å²) in [6.07, 6.45) is 12.4. The van der Waals surface area contributed by atoms with Crippen molar-refractivity contribution >= 4 is 0 Å². The summed E-state index contributed by atoms with van der Waals surface area (Å²) < 4.78 is 2.12. The van der Waals surface area contributed by atoms with E-state index in [4.69, 9.17) is 5.84 Å². The van der Waals surface area contributed by atoms with Crippen LogP contribution < -0.4 is 11.3 Å². The van der Waals surface area contributed by atoms with Gasteiger partial charge in [0.15, 0.2) is 0 Å². The monoisotopic (exact) mass is 266 g/mol. The van der Waals surface area contributed by atoms with Crippen LogP contribution >= 0.6 is 0 Å². The summed E-state index contributed by atoms with van der Waals surface area (Å²) in [5, 5.41) is 0. The molecule has 1 heterocycles. The van der Waals surface area contributed by atoms with Crippen molar-refractivity contribution in [1.82, 2.24) is 15.0 Å². The number of nitrogens with two attached hydrogens (primary N) is 1. The third-order valence-electron chi connectivity index (χ3n) is 3.91. The lowest BCUT2D eigenvalue weighted by Gasteiger charge is -2.16. The lowest BCUT2D eigenvalue weighted by Crippen LogP contribution is -2.29. The van der Waals surface area contributed by atoms with Crippen molar-refractivity contribution in [3.8, 4) is 0 Å². The van der Waals surface area contributed by atoms with Gasteiger partial charge >= 0.3 is 0 Å². The molecule has 1 unspecified atom stereocenters.